The number of halogens is 2. The Bertz CT molecular complexity index is 656. The van der Waals surface area contributed by atoms with Gasteiger partial charge in [-0.1, -0.05) is 30.3 Å². The van der Waals surface area contributed by atoms with Crippen LogP contribution in [0.4, 0.5) is 13.6 Å². The lowest BCUT2D eigenvalue weighted by Crippen LogP contribution is -2.58. The van der Waals surface area contributed by atoms with Gasteiger partial charge in [-0.2, -0.15) is 0 Å². The van der Waals surface area contributed by atoms with Crippen LogP contribution in [0.15, 0.2) is 30.3 Å². The topological polar surface area (TPSA) is 61.9 Å². The van der Waals surface area contributed by atoms with Crippen LogP contribution in [0, 0.1) is 0 Å². The quantitative estimate of drug-likeness (QED) is 0.882. The van der Waals surface area contributed by atoms with E-state index in [1.807, 2.05) is 30.3 Å². The Morgan fingerprint density at radius 3 is 2.73 bits per heavy atom. The molecular formula is C18H23F2N3O3. The zero-order valence-corrected chi connectivity index (χ0v) is 14.7. The largest absolute Gasteiger partial charge is 0.453 e. The van der Waals surface area contributed by atoms with Gasteiger partial charge in [0.1, 0.15) is 0 Å². The normalized spacial score (nSPS) is 26.0. The molecule has 0 spiro atoms. The van der Waals surface area contributed by atoms with Crippen molar-refractivity contribution in [2.24, 2.45) is 0 Å². The molecule has 142 valence electrons. The van der Waals surface area contributed by atoms with E-state index in [1.54, 1.807) is 0 Å². The van der Waals surface area contributed by atoms with Crippen molar-refractivity contribution in [2.75, 3.05) is 26.7 Å². The highest BCUT2D eigenvalue weighted by molar-refractivity contribution is 5.78. The smallest absolute Gasteiger partial charge is 0.407 e. The number of piperidine rings is 1. The number of rotatable bonds is 4. The molecule has 0 unspecified atom stereocenters. The summed E-state index contributed by atoms with van der Waals surface area (Å²) in [7, 11) is 1.25. The van der Waals surface area contributed by atoms with Gasteiger partial charge in [-0.15, -0.1) is 0 Å². The number of methoxy groups -OCH3 is 1. The van der Waals surface area contributed by atoms with Crippen molar-refractivity contribution < 1.29 is 23.1 Å². The number of carbonyl (C=O) groups is 2. The molecule has 8 heteroatoms. The van der Waals surface area contributed by atoms with E-state index in [0.29, 0.717) is 19.6 Å². The molecule has 1 aromatic carbocycles. The summed E-state index contributed by atoms with van der Waals surface area (Å²) in [4.78, 5) is 27.2. The SMILES string of the molecule is COC(=O)N[C@H]1CN(Cc2ccccc2)C[C@H]1N1CC(F)(F)CCC1=O. The minimum Gasteiger partial charge on any atom is -0.453 e. The van der Waals surface area contributed by atoms with Gasteiger partial charge in [-0.05, 0) is 5.56 Å². The van der Waals surface area contributed by atoms with E-state index in [0.717, 1.165) is 5.56 Å². The van der Waals surface area contributed by atoms with Crippen LogP contribution < -0.4 is 5.32 Å². The molecule has 26 heavy (non-hydrogen) atoms. The number of nitrogens with zero attached hydrogens (tertiary/aromatic N) is 2. The Morgan fingerprint density at radius 2 is 2.04 bits per heavy atom. The molecule has 2 saturated heterocycles. The van der Waals surface area contributed by atoms with Crippen LogP contribution in [0.1, 0.15) is 18.4 Å². The van der Waals surface area contributed by atoms with E-state index in [9.17, 15) is 18.4 Å². The Balaban J connectivity index is 1.75. The maximum atomic E-state index is 13.9. The number of amides is 2. The molecule has 2 amide bonds. The third-order valence-electron chi connectivity index (χ3n) is 4.93. The summed E-state index contributed by atoms with van der Waals surface area (Å²) in [5.74, 6) is -3.18. The fourth-order valence-corrected chi connectivity index (χ4v) is 3.66. The van der Waals surface area contributed by atoms with Crippen molar-refractivity contribution >= 4 is 12.0 Å². The third-order valence-corrected chi connectivity index (χ3v) is 4.93. The number of hydrogen-bond donors (Lipinski definition) is 1. The summed E-state index contributed by atoms with van der Waals surface area (Å²) < 4.78 is 32.4. The molecule has 2 fully saturated rings. The lowest BCUT2D eigenvalue weighted by atomic mass is 10.0. The fourth-order valence-electron chi connectivity index (χ4n) is 3.66. The van der Waals surface area contributed by atoms with Crippen LogP contribution in [-0.2, 0) is 16.1 Å². The lowest BCUT2D eigenvalue weighted by molar-refractivity contribution is -0.151. The monoisotopic (exact) mass is 367 g/mol. The van der Waals surface area contributed by atoms with Gasteiger partial charge in [0, 0.05) is 32.5 Å². The van der Waals surface area contributed by atoms with Crippen LogP contribution in [0.3, 0.4) is 0 Å². The Morgan fingerprint density at radius 1 is 1.31 bits per heavy atom. The summed E-state index contributed by atoms with van der Waals surface area (Å²) in [5.41, 5.74) is 1.08. The summed E-state index contributed by atoms with van der Waals surface area (Å²) in [6, 6.07) is 8.79. The number of likely N-dealkylation sites (tertiary alicyclic amines) is 2. The second-order valence-corrected chi connectivity index (χ2v) is 6.87. The minimum absolute atomic E-state index is 0.173. The van der Waals surface area contributed by atoms with E-state index >= 15 is 0 Å². The highest BCUT2D eigenvalue weighted by Gasteiger charge is 2.46. The first-order valence-corrected chi connectivity index (χ1v) is 8.66. The first-order valence-electron chi connectivity index (χ1n) is 8.66. The molecule has 6 nitrogen and oxygen atoms in total. The predicted molar refractivity (Wildman–Crippen MR) is 90.7 cm³/mol. The number of benzene rings is 1. The summed E-state index contributed by atoms with van der Waals surface area (Å²) in [5, 5.41) is 2.70. The average Bonchev–Trinajstić information content (AvgIpc) is 3.00. The second kappa shape index (κ2) is 7.57. The standard InChI is InChI=1S/C18H23F2N3O3/c1-26-17(25)21-14-10-22(9-13-5-3-2-4-6-13)11-15(14)23-12-18(19,20)8-7-16(23)24/h2-6,14-15H,7-12H2,1H3,(H,21,25)/t14-,15+/m0/s1. The van der Waals surface area contributed by atoms with Crippen LogP contribution >= 0.6 is 0 Å². The van der Waals surface area contributed by atoms with Crippen molar-refractivity contribution in [3.63, 3.8) is 0 Å². The lowest BCUT2D eigenvalue weighted by Gasteiger charge is -2.38. The number of alkyl halides is 2. The number of hydrogen-bond acceptors (Lipinski definition) is 4. The molecule has 3 rings (SSSR count). The molecule has 0 radical (unpaired) electrons. The molecule has 2 aliphatic rings. The van der Waals surface area contributed by atoms with E-state index in [1.165, 1.54) is 12.0 Å². The predicted octanol–water partition coefficient (Wildman–Crippen LogP) is 1.85. The first kappa shape index (κ1) is 18.6. The van der Waals surface area contributed by atoms with Gasteiger partial charge in [0.25, 0.3) is 5.92 Å². The van der Waals surface area contributed by atoms with Gasteiger partial charge >= 0.3 is 6.09 Å². The average molecular weight is 367 g/mol. The molecule has 0 bridgehead atoms. The zero-order valence-electron chi connectivity index (χ0n) is 14.7. The number of alkyl carbamates (subject to hydrolysis) is 1. The fraction of sp³-hybridized carbons (Fsp3) is 0.556. The van der Waals surface area contributed by atoms with Gasteiger partial charge in [-0.25, -0.2) is 13.6 Å². The summed E-state index contributed by atoms with van der Waals surface area (Å²) >= 11 is 0. The molecule has 2 aliphatic heterocycles. The van der Waals surface area contributed by atoms with E-state index < -0.39 is 37.1 Å². The highest BCUT2D eigenvalue weighted by atomic mass is 19.3. The number of nitrogens with one attached hydrogen (secondary N) is 1. The Labute approximate surface area is 151 Å². The van der Waals surface area contributed by atoms with Crippen molar-refractivity contribution in [1.82, 2.24) is 15.1 Å². The van der Waals surface area contributed by atoms with E-state index in [2.05, 4.69) is 15.0 Å². The van der Waals surface area contributed by atoms with Crippen molar-refractivity contribution in [3.05, 3.63) is 35.9 Å². The molecular weight excluding hydrogens is 344 g/mol. The van der Waals surface area contributed by atoms with Gasteiger partial charge in [0.2, 0.25) is 5.91 Å². The van der Waals surface area contributed by atoms with Crippen LogP contribution in [0.2, 0.25) is 0 Å². The van der Waals surface area contributed by atoms with Crippen LogP contribution in [-0.4, -0.2) is 66.6 Å². The summed E-state index contributed by atoms with van der Waals surface area (Å²) in [6.07, 6.45) is -1.22. The molecule has 2 atom stereocenters. The third kappa shape index (κ3) is 4.30. The Kier molecular flexibility index (Phi) is 5.41. The second-order valence-electron chi connectivity index (χ2n) is 6.87. The van der Waals surface area contributed by atoms with Gasteiger partial charge < -0.3 is 15.0 Å². The number of carbonyl (C=O) groups excluding carboxylic acids is 2. The van der Waals surface area contributed by atoms with Gasteiger partial charge in [0.15, 0.2) is 0 Å². The van der Waals surface area contributed by atoms with Gasteiger partial charge in [-0.3, -0.25) is 9.69 Å². The molecule has 1 N–H and O–H groups in total. The zero-order chi connectivity index (χ0) is 18.7. The van der Waals surface area contributed by atoms with Crippen LogP contribution in [0.5, 0.6) is 0 Å². The van der Waals surface area contributed by atoms with Crippen molar-refractivity contribution in [3.8, 4) is 0 Å². The molecule has 2 heterocycles. The summed E-state index contributed by atoms with van der Waals surface area (Å²) in [6.45, 7) is 0.902. The van der Waals surface area contributed by atoms with Gasteiger partial charge in [0.05, 0.1) is 25.7 Å². The molecule has 1 aromatic rings. The molecule has 0 aliphatic carbocycles. The molecule has 0 saturated carbocycles. The highest BCUT2D eigenvalue weighted by Crippen LogP contribution is 2.31. The molecule has 0 aromatic heterocycles. The number of ether oxygens (including phenoxy) is 1. The van der Waals surface area contributed by atoms with E-state index in [4.69, 9.17) is 0 Å². The van der Waals surface area contributed by atoms with E-state index in [-0.39, 0.29) is 12.3 Å². The first-order chi connectivity index (χ1) is 12.4. The Hall–Kier alpha value is -2.22. The maximum Gasteiger partial charge on any atom is 0.407 e. The van der Waals surface area contributed by atoms with Crippen molar-refractivity contribution in [2.45, 2.75) is 37.4 Å². The van der Waals surface area contributed by atoms with Crippen molar-refractivity contribution in [1.29, 1.82) is 0 Å². The maximum absolute atomic E-state index is 13.9. The van der Waals surface area contributed by atoms with Crippen LogP contribution in [0.25, 0.3) is 0 Å². The minimum atomic E-state index is -2.89.